The van der Waals surface area contributed by atoms with Gasteiger partial charge in [-0.05, 0) is 29.8 Å². The van der Waals surface area contributed by atoms with Gasteiger partial charge in [-0.3, -0.25) is 4.79 Å². The predicted octanol–water partition coefficient (Wildman–Crippen LogP) is 2.73. The number of pyridine rings is 1. The molecule has 0 spiro atoms. The van der Waals surface area contributed by atoms with E-state index < -0.39 is 0 Å². The number of anilines is 1. The molecule has 1 aromatic heterocycles. The smallest absolute Gasteiger partial charge is 0.251 e. The Bertz CT molecular complexity index is 596. The molecule has 0 saturated carbocycles. The maximum Gasteiger partial charge on any atom is 0.251 e. The molecule has 0 aliphatic carbocycles. The molecule has 0 bridgehead atoms. The summed E-state index contributed by atoms with van der Waals surface area (Å²) in [5.41, 5.74) is 2.68. The summed E-state index contributed by atoms with van der Waals surface area (Å²) in [4.78, 5) is 17.8. The van der Waals surface area contributed by atoms with E-state index in [9.17, 15) is 4.79 Å². The normalized spacial score (nSPS) is 10.2. The highest BCUT2D eigenvalue weighted by molar-refractivity contribution is 6.29. The molecule has 2 aromatic rings. The molecule has 0 radical (unpaired) electrons. The highest BCUT2D eigenvalue weighted by Crippen LogP contribution is 2.12. The van der Waals surface area contributed by atoms with Gasteiger partial charge in [0.15, 0.2) is 0 Å². The number of carbonyl (C=O) groups excluding carboxylic acids is 1. The Kier molecular flexibility index (Phi) is 4.58. The Balaban J connectivity index is 1.96. The summed E-state index contributed by atoms with van der Waals surface area (Å²) >= 11 is 5.76. The minimum Gasteiger partial charge on any atom is -0.378 e. The number of halogens is 1. The Labute approximate surface area is 123 Å². The van der Waals surface area contributed by atoms with E-state index in [1.165, 1.54) is 6.20 Å². The summed E-state index contributed by atoms with van der Waals surface area (Å²) in [5.74, 6) is -0.161. The lowest BCUT2D eigenvalue weighted by atomic mass is 10.2. The van der Waals surface area contributed by atoms with E-state index in [1.807, 2.05) is 43.3 Å². The Morgan fingerprint density at radius 3 is 2.55 bits per heavy atom. The fourth-order valence-electron chi connectivity index (χ4n) is 1.74. The second-order valence-electron chi connectivity index (χ2n) is 4.61. The van der Waals surface area contributed by atoms with E-state index in [0.29, 0.717) is 17.3 Å². The molecule has 0 unspecified atom stereocenters. The molecule has 5 heteroatoms. The van der Waals surface area contributed by atoms with Crippen LogP contribution in [0, 0.1) is 0 Å². The summed E-state index contributed by atoms with van der Waals surface area (Å²) in [7, 11) is 3.98. The van der Waals surface area contributed by atoms with Crippen LogP contribution in [0.15, 0.2) is 42.6 Å². The number of hydrogen-bond donors (Lipinski definition) is 1. The number of hydrogen-bond acceptors (Lipinski definition) is 3. The number of amides is 1. The van der Waals surface area contributed by atoms with Gasteiger partial charge in [0.25, 0.3) is 5.91 Å². The highest BCUT2D eigenvalue weighted by atomic mass is 35.5. The number of benzene rings is 1. The number of carbonyl (C=O) groups is 1. The number of nitrogens with one attached hydrogen (secondary N) is 1. The zero-order chi connectivity index (χ0) is 14.5. The monoisotopic (exact) mass is 289 g/mol. The summed E-state index contributed by atoms with van der Waals surface area (Å²) < 4.78 is 0. The van der Waals surface area contributed by atoms with Crippen LogP contribution in [0.25, 0.3) is 0 Å². The molecule has 2 rings (SSSR count). The molecular formula is C15H16ClN3O. The zero-order valence-corrected chi connectivity index (χ0v) is 12.2. The second kappa shape index (κ2) is 6.39. The Morgan fingerprint density at radius 2 is 1.95 bits per heavy atom. The Hall–Kier alpha value is -2.07. The van der Waals surface area contributed by atoms with E-state index in [4.69, 9.17) is 11.6 Å². The lowest BCUT2D eigenvalue weighted by molar-refractivity contribution is 0.0951. The van der Waals surface area contributed by atoms with Crippen molar-refractivity contribution in [2.24, 2.45) is 0 Å². The van der Waals surface area contributed by atoms with Crippen molar-refractivity contribution in [3.8, 4) is 0 Å². The minimum atomic E-state index is -0.161. The van der Waals surface area contributed by atoms with Crippen LogP contribution < -0.4 is 10.2 Å². The molecule has 0 aliphatic heterocycles. The van der Waals surface area contributed by atoms with Crippen molar-refractivity contribution >= 4 is 23.2 Å². The van der Waals surface area contributed by atoms with Gasteiger partial charge >= 0.3 is 0 Å². The number of rotatable bonds is 4. The molecule has 0 aliphatic rings. The molecule has 104 valence electrons. The molecule has 4 nitrogen and oxygen atoms in total. The van der Waals surface area contributed by atoms with Crippen LogP contribution in [-0.4, -0.2) is 25.0 Å². The van der Waals surface area contributed by atoms with E-state index in [0.717, 1.165) is 11.3 Å². The first-order chi connectivity index (χ1) is 9.56. The highest BCUT2D eigenvalue weighted by Gasteiger charge is 2.06. The van der Waals surface area contributed by atoms with Crippen molar-refractivity contribution in [1.29, 1.82) is 0 Å². The van der Waals surface area contributed by atoms with Crippen molar-refractivity contribution in [3.63, 3.8) is 0 Å². The van der Waals surface area contributed by atoms with E-state index in [1.54, 1.807) is 12.1 Å². The molecule has 1 amide bonds. The molecule has 0 fully saturated rings. The lowest BCUT2D eigenvalue weighted by Gasteiger charge is -2.13. The van der Waals surface area contributed by atoms with E-state index in [2.05, 4.69) is 10.3 Å². The summed E-state index contributed by atoms with van der Waals surface area (Å²) in [6, 6.07) is 11.2. The van der Waals surface area contributed by atoms with Crippen LogP contribution in [0.1, 0.15) is 15.9 Å². The third-order valence-electron chi connectivity index (χ3n) is 2.89. The van der Waals surface area contributed by atoms with Gasteiger partial charge in [-0.2, -0.15) is 0 Å². The average Bonchev–Trinajstić information content (AvgIpc) is 2.45. The first-order valence-corrected chi connectivity index (χ1v) is 6.60. The van der Waals surface area contributed by atoms with Crippen LogP contribution in [-0.2, 0) is 6.54 Å². The van der Waals surface area contributed by atoms with Crippen molar-refractivity contribution in [3.05, 3.63) is 58.9 Å². The molecule has 0 saturated heterocycles. The molecule has 0 atom stereocenters. The first-order valence-electron chi connectivity index (χ1n) is 6.22. The lowest BCUT2D eigenvalue weighted by Crippen LogP contribution is -2.22. The van der Waals surface area contributed by atoms with Crippen LogP contribution in [0.2, 0.25) is 5.15 Å². The van der Waals surface area contributed by atoms with Crippen LogP contribution in [0.3, 0.4) is 0 Å². The van der Waals surface area contributed by atoms with Gasteiger partial charge in [0.1, 0.15) is 5.15 Å². The maximum absolute atomic E-state index is 11.9. The fourth-order valence-corrected chi connectivity index (χ4v) is 1.91. The van der Waals surface area contributed by atoms with Gasteiger partial charge < -0.3 is 10.2 Å². The summed E-state index contributed by atoms with van der Waals surface area (Å²) in [6.45, 7) is 0.479. The Morgan fingerprint density at radius 1 is 1.25 bits per heavy atom. The van der Waals surface area contributed by atoms with Crippen LogP contribution in [0.4, 0.5) is 5.69 Å². The van der Waals surface area contributed by atoms with Gasteiger partial charge in [-0.25, -0.2) is 4.98 Å². The fraction of sp³-hybridized carbons (Fsp3) is 0.200. The molecular weight excluding hydrogens is 274 g/mol. The summed E-state index contributed by atoms with van der Waals surface area (Å²) in [6.07, 6.45) is 1.52. The van der Waals surface area contributed by atoms with Gasteiger partial charge in [0, 0.05) is 38.1 Å². The topological polar surface area (TPSA) is 45.2 Å². The minimum absolute atomic E-state index is 0.161. The second-order valence-corrected chi connectivity index (χ2v) is 5.00. The van der Waals surface area contributed by atoms with Crippen LogP contribution in [0.5, 0.6) is 0 Å². The largest absolute Gasteiger partial charge is 0.378 e. The van der Waals surface area contributed by atoms with Crippen molar-refractivity contribution in [1.82, 2.24) is 10.3 Å². The zero-order valence-electron chi connectivity index (χ0n) is 11.4. The quantitative estimate of drug-likeness (QED) is 0.880. The molecule has 1 N–H and O–H groups in total. The number of nitrogens with zero attached hydrogens (tertiary/aromatic N) is 2. The van der Waals surface area contributed by atoms with Gasteiger partial charge in [0.05, 0.1) is 0 Å². The van der Waals surface area contributed by atoms with Gasteiger partial charge in [0.2, 0.25) is 0 Å². The van der Waals surface area contributed by atoms with Crippen molar-refractivity contribution in [2.75, 3.05) is 19.0 Å². The third kappa shape index (κ3) is 3.71. The first kappa shape index (κ1) is 14.3. The average molecular weight is 290 g/mol. The van der Waals surface area contributed by atoms with E-state index in [-0.39, 0.29) is 5.91 Å². The van der Waals surface area contributed by atoms with Crippen molar-refractivity contribution in [2.45, 2.75) is 6.54 Å². The third-order valence-corrected chi connectivity index (χ3v) is 3.10. The van der Waals surface area contributed by atoms with Crippen molar-refractivity contribution < 1.29 is 4.79 Å². The SMILES string of the molecule is CN(C)c1ccc(CNC(=O)c2ccnc(Cl)c2)cc1. The van der Waals surface area contributed by atoms with Crippen LogP contribution >= 0.6 is 11.6 Å². The molecule has 1 heterocycles. The van der Waals surface area contributed by atoms with Gasteiger partial charge in [-0.15, -0.1) is 0 Å². The molecule has 1 aromatic carbocycles. The maximum atomic E-state index is 11.9. The number of aromatic nitrogens is 1. The van der Waals surface area contributed by atoms with Gasteiger partial charge in [-0.1, -0.05) is 23.7 Å². The standard InChI is InChI=1S/C15H16ClN3O/c1-19(2)13-5-3-11(4-6-13)10-18-15(20)12-7-8-17-14(16)9-12/h3-9H,10H2,1-2H3,(H,18,20). The van der Waals surface area contributed by atoms with E-state index >= 15 is 0 Å². The molecule has 20 heavy (non-hydrogen) atoms. The predicted molar refractivity (Wildman–Crippen MR) is 81.2 cm³/mol. The summed E-state index contributed by atoms with van der Waals surface area (Å²) in [5, 5.41) is 3.17.